The number of hydrogen-bond acceptors (Lipinski definition) is 3. The van der Waals surface area contributed by atoms with Gasteiger partial charge < -0.3 is 5.32 Å². The van der Waals surface area contributed by atoms with E-state index in [0.29, 0.717) is 10.8 Å². The molecule has 2 rings (SSSR count). The topological polar surface area (TPSA) is 46.2 Å². The van der Waals surface area contributed by atoms with Crippen molar-refractivity contribution in [2.45, 2.75) is 37.0 Å². The van der Waals surface area contributed by atoms with Crippen LogP contribution in [0.25, 0.3) is 0 Å². The molecule has 0 bridgehead atoms. The smallest absolute Gasteiger partial charge is 0.175 e. The first kappa shape index (κ1) is 13.6. The van der Waals surface area contributed by atoms with Gasteiger partial charge in [-0.3, -0.25) is 0 Å². The van der Waals surface area contributed by atoms with E-state index in [0.717, 1.165) is 43.5 Å². The molecule has 1 aromatic rings. The van der Waals surface area contributed by atoms with Crippen molar-refractivity contribution < 1.29 is 8.42 Å². The van der Waals surface area contributed by atoms with E-state index in [9.17, 15) is 8.42 Å². The molecule has 0 atom stereocenters. The zero-order valence-electron chi connectivity index (χ0n) is 11.1. The summed E-state index contributed by atoms with van der Waals surface area (Å²) in [6.07, 6.45) is 4.23. The molecule has 0 aliphatic carbocycles. The molecule has 0 saturated carbocycles. The van der Waals surface area contributed by atoms with Gasteiger partial charge in [0.2, 0.25) is 0 Å². The third kappa shape index (κ3) is 2.93. The van der Waals surface area contributed by atoms with Gasteiger partial charge in [0, 0.05) is 6.26 Å². The van der Waals surface area contributed by atoms with Crippen LogP contribution in [0.2, 0.25) is 0 Å². The average molecular weight is 267 g/mol. The predicted molar refractivity (Wildman–Crippen MR) is 73.8 cm³/mol. The normalized spacial score (nSPS) is 17.9. The molecule has 1 fully saturated rings. The van der Waals surface area contributed by atoms with Gasteiger partial charge >= 0.3 is 0 Å². The van der Waals surface area contributed by atoms with Gasteiger partial charge in [-0.25, -0.2) is 8.42 Å². The molecule has 0 radical (unpaired) electrons. The average Bonchev–Trinajstić information content (AvgIpc) is 2.38. The SMILES string of the molecule is CCc1ccc(C2CCNCC2)c(S(C)(=O)=O)c1. The number of aryl methyl sites for hydroxylation is 1. The van der Waals surface area contributed by atoms with Crippen LogP contribution < -0.4 is 5.32 Å². The van der Waals surface area contributed by atoms with Crippen LogP contribution in [-0.2, 0) is 16.3 Å². The van der Waals surface area contributed by atoms with Gasteiger partial charge in [0.15, 0.2) is 9.84 Å². The van der Waals surface area contributed by atoms with Crippen molar-refractivity contribution >= 4 is 9.84 Å². The Morgan fingerprint density at radius 1 is 1.28 bits per heavy atom. The Labute approximate surface area is 110 Å². The molecule has 4 heteroatoms. The van der Waals surface area contributed by atoms with E-state index in [-0.39, 0.29) is 0 Å². The molecule has 1 N–H and O–H groups in total. The molecule has 1 aromatic carbocycles. The van der Waals surface area contributed by atoms with Gasteiger partial charge in [-0.05, 0) is 55.5 Å². The highest BCUT2D eigenvalue weighted by molar-refractivity contribution is 7.90. The second-order valence-corrected chi connectivity index (χ2v) is 7.01. The van der Waals surface area contributed by atoms with Crippen molar-refractivity contribution in [2.24, 2.45) is 0 Å². The fraction of sp³-hybridized carbons (Fsp3) is 0.571. The number of benzene rings is 1. The first-order valence-electron chi connectivity index (χ1n) is 6.56. The maximum absolute atomic E-state index is 11.9. The minimum atomic E-state index is -3.14. The van der Waals surface area contributed by atoms with E-state index in [1.54, 1.807) is 0 Å². The summed E-state index contributed by atoms with van der Waals surface area (Å²) in [5, 5.41) is 3.32. The molecule has 0 amide bonds. The summed E-state index contributed by atoms with van der Waals surface area (Å²) in [6, 6.07) is 5.93. The van der Waals surface area contributed by atoms with Crippen molar-refractivity contribution in [1.29, 1.82) is 0 Å². The van der Waals surface area contributed by atoms with Gasteiger partial charge in [-0.2, -0.15) is 0 Å². The number of nitrogens with one attached hydrogen (secondary N) is 1. The minimum Gasteiger partial charge on any atom is -0.317 e. The lowest BCUT2D eigenvalue weighted by atomic mass is 9.89. The Morgan fingerprint density at radius 2 is 1.94 bits per heavy atom. The Morgan fingerprint density at radius 3 is 2.50 bits per heavy atom. The van der Waals surface area contributed by atoms with E-state index in [2.05, 4.69) is 11.4 Å². The minimum absolute atomic E-state index is 0.377. The van der Waals surface area contributed by atoms with Crippen LogP contribution in [0.3, 0.4) is 0 Å². The lowest BCUT2D eigenvalue weighted by molar-refractivity contribution is 0.455. The number of hydrogen-bond donors (Lipinski definition) is 1. The van der Waals surface area contributed by atoms with Gasteiger partial charge in [0.25, 0.3) is 0 Å². The Kier molecular flexibility index (Phi) is 4.07. The van der Waals surface area contributed by atoms with Crippen LogP contribution >= 0.6 is 0 Å². The third-order valence-electron chi connectivity index (χ3n) is 3.66. The van der Waals surface area contributed by atoms with Gasteiger partial charge in [-0.15, -0.1) is 0 Å². The highest BCUT2D eigenvalue weighted by Crippen LogP contribution is 2.31. The highest BCUT2D eigenvalue weighted by atomic mass is 32.2. The molecule has 1 saturated heterocycles. The maximum Gasteiger partial charge on any atom is 0.175 e. The Balaban J connectivity index is 2.45. The lowest BCUT2D eigenvalue weighted by Gasteiger charge is -2.25. The largest absolute Gasteiger partial charge is 0.317 e. The molecule has 18 heavy (non-hydrogen) atoms. The van der Waals surface area contributed by atoms with E-state index >= 15 is 0 Å². The van der Waals surface area contributed by atoms with Crippen LogP contribution in [0, 0.1) is 0 Å². The first-order chi connectivity index (χ1) is 8.52. The summed E-state index contributed by atoms with van der Waals surface area (Å²) in [5.74, 6) is 0.377. The summed E-state index contributed by atoms with van der Waals surface area (Å²) in [4.78, 5) is 0.536. The second-order valence-electron chi connectivity index (χ2n) is 5.02. The van der Waals surface area contributed by atoms with E-state index in [1.807, 2.05) is 19.1 Å². The summed E-state index contributed by atoms with van der Waals surface area (Å²) >= 11 is 0. The first-order valence-corrected chi connectivity index (χ1v) is 8.45. The molecule has 1 heterocycles. The second kappa shape index (κ2) is 5.41. The predicted octanol–water partition coefficient (Wildman–Crippen LogP) is 2.12. The number of piperidine rings is 1. The molecule has 1 aliphatic rings. The summed E-state index contributed by atoms with van der Waals surface area (Å²) in [5.41, 5.74) is 2.10. The Hall–Kier alpha value is -0.870. The van der Waals surface area contributed by atoms with Crippen LogP contribution in [0.15, 0.2) is 23.1 Å². The van der Waals surface area contributed by atoms with E-state index < -0.39 is 9.84 Å². The van der Waals surface area contributed by atoms with Crippen molar-refractivity contribution in [3.05, 3.63) is 29.3 Å². The van der Waals surface area contributed by atoms with E-state index in [4.69, 9.17) is 0 Å². The standard InChI is InChI=1S/C14H21NO2S/c1-3-11-4-5-13(12-6-8-15-9-7-12)14(10-11)18(2,16)17/h4-5,10,12,15H,3,6-9H2,1-2H3. The Bertz CT molecular complexity index is 517. The zero-order valence-corrected chi connectivity index (χ0v) is 11.9. The van der Waals surface area contributed by atoms with Crippen LogP contribution in [-0.4, -0.2) is 27.8 Å². The fourth-order valence-corrected chi connectivity index (χ4v) is 3.62. The van der Waals surface area contributed by atoms with Crippen LogP contribution in [0.1, 0.15) is 36.8 Å². The quantitative estimate of drug-likeness (QED) is 0.912. The monoisotopic (exact) mass is 267 g/mol. The van der Waals surface area contributed by atoms with Crippen molar-refractivity contribution in [3.8, 4) is 0 Å². The van der Waals surface area contributed by atoms with Crippen LogP contribution in [0.4, 0.5) is 0 Å². The van der Waals surface area contributed by atoms with Crippen molar-refractivity contribution in [2.75, 3.05) is 19.3 Å². The molecular formula is C14H21NO2S. The summed E-state index contributed by atoms with van der Waals surface area (Å²) in [6.45, 7) is 4.00. The molecule has 3 nitrogen and oxygen atoms in total. The third-order valence-corrected chi connectivity index (χ3v) is 4.82. The lowest BCUT2D eigenvalue weighted by Crippen LogP contribution is -2.27. The molecular weight excluding hydrogens is 246 g/mol. The summed E-state index contributed by atoms with van der Waals surface area (Å²) in [7, 11) is -3.14. The number of rotatable bonds is 3. The number of sulfone groups is 1. The molecule has 0 unspecified atom stereocenters. The fourth-order valence-electron chi connectivity index (χ4n) is 2.59. The van der Waals surface area contributed by atoms with Crippen molar-refractivity contribution in [3.63, 3.8) is 0 Å². The summed E-state index contributed by atoms with van der Waals surface area (Å²) < 4.78 is 23.9. The van der Waals surface area contributed by atoms with Crippen LogP contribution in [0.5, 0.6) is 0 Å². The molecule has 0 spiro atoms. The van der Waals surface area contributed by atoms with E-state index in [1.165, 1.54) is 6.26 Å². The molecule has 1 aliphatic heterocycles. The van der Waals surface area contributed by atoms with Crippen molar-refractivity contribution in [1.82, 2.24) is 5.32 Å². The molecule has 100 valence electrons. The maximum atomic E-state index is 11.9. The highest BCUT2D eigenvalue weighted by Gasteiger charge is 2.22. The van der Waals surface area contributed by atoms with Gasteiger partial charge in [0.05, 0.1) is 4.90 Å². The van der Waals surface area contributed by atoms with Gasteiger partial charge in [0.1, 0.15) is 0 Å². The zero-order chi connectivity index (χ0) is 13.2. The molecule has 0 aromatic heterocycles. The van der Waals surface area contributed by atoms with Gasteiger partial charge in [-0.1, -0.05) is 19.1 Å².